The molecule has 10 heteroatoms. The van der Waals surface area contributed by atoms with Crippen molar-refractivity contribution in [3.63, 3.8) is 0 Å². The van der Waals surface area contributed by atoms with E-state index in [0.29, 0.717) is 12.8 Å². The zero-order valence-electron chi connectivity index (χ0n) is 18.8. The van der Waals surface area contributed by atoms with Crippen molar-refractivity contribution in [3.05, 3.63) is 0 Å². The second-order valence-electron chi connectivity index (χ2n) is 8.84. The topological polar surface area (TPSA) is 157 Å². The summed E-state index contributed by atoms with van der Waals surface area (Å²) in [6, 6.07) is -2.22. The lowest BCUT2D eigenvalue weighted by Gasteiger charge is -2.20. The maximum atomic E-state index is 11.8. The lowest BCUT2D eigenvalue weighted by Crippen LogP contribution is -2.37. The highest BCUT2D eigenvalue weighted by Gasteiger charge is 2.24. The third-order valence-electron chi connectivity index (χ3n) is 3.25. The summed E-state index contributed by atoms with van der Waals surface area (Å²) in [5.41, 5.74) is 9.95. The third-order valence-corrected chi connectivity index (χ3v) is 3.25. The van der Waals surface area contributed by atoms with E-state index in [1.54, 1.807) is 41.5 Å². The number of hydrogen-bond donors (Lipinski definition) is 2. The second kappa shape index (κ2) is 12.5. The number of hydrogen-bond acceptors (Lipinski definition) is 10. The molecule has 0 spiro atoms. The van der Waals surface area contributed by atoms with Gasteiger partial charge in [0.1, 0.15) is 23.3 Å². The first-order valence-electron chi connectivity index (χ1n) is 9.89. The fourth-order valence-corrected chi connectivity index (χ4v) is 2.06. The summed E-state index contributed by atoms with van der Waals surface area (Å²) < 4.78 is 20.2. The summed E-state index contributed by atoms with van der Waals surface area (Å²) in [4.78, 5) is 46.8. The van der Waals surface area contributed by atoms with Crippen LogP contribution in [-0.2, 0) is 38.1 Å². The zero-order chi connectivity index (χ0) is 23.5. The molecule has 0 radical (unpaired) electrons. The predicted molar refractivity (Wildman–Crippen MR) is 108 cm³/mol. The molecule has 0 saturated heterocycles. The summed E-state index contributed by atoms with van der Waals surface area (Å²) in [6.45, 7) is 10.4. The summed E-state index contributed by atoms with van der Waals surface area (Å²) in [6.07, 6.45) is 0.283. The predicted octanol–water partition coefficient (Wildman–Crippen LogP) is 0.971. The van der Waals surface area contributed by atoms with Gasteiger partial charge in [-0.25, -0.2) is 0 Å². The van der Waals surface area contributed by atoms with Crippen LogP contribution in [0.25, 0.3) is 0 Å². The molecule has 0 aromatic heterocycles. The molecular weight excluding hydrogens is 396 g/mol. The summed E-state index contributed by atoms with van der Waals surface area (Å²) in [7, 11) is 0. The van der Waals surface area contributed by atoms with Crippen LogP contribution in [0, 0.1) is 0 Å². The van der Waals surface area contributed by atoms with Gasteiger partial charge in [0.05, 0.1) is 26.1 Å². The Morgan fingerprint density at radius 3 is 1.23 bits per heavy atom. The van der Waals surface area contributed by atoms with Crippen LogP contribution in [-0.4, -0.2) is 60.4 Å². The Bertz CT molecular complexity index is 541. The minimum atomic E-state index is -1.11. The van der Waals surface area contributed by atoms with E-state index in [2.05, 4.69) is 0 Å². The first-order chi connectivity index (χ1) is 13.6. The number of rotatable bonds is 11. The Labute approximate surface area is 177 Å². The molecule has 0 heterocycles. The van der Waals surface area contributed by atoms with Crippen molar-refractivity contribution in [2.75, 3.05) is 13.2 Å². The summed E-state index contributed by atoms with van der Waals surface area (Å²) in [5.74, 6) is -2.59. The van der Waals surface area contributed by atoms with Crippen LogP contribution in [0.4, 0.5) is 0 Å². The Kier molecular flexibility index (Phi) is 11.6. The van der Waals surface area contributed by atoms with Crippen molar-refractivity contribution < 1.29 is 38.1 Å². The lowest BCUT2D eigenvalue weighted by atomic mass is 10.2. The van der Waals surface area contributed by atoms with Crippen LogP contribution in [0.15, 0.2) is 0 Å². The molecule has 4 N–H and O–H groups in total. The molecule has 0 aliphatic heterocycles. The molecule has 0 amide bonds. The van der Waals surface area contributed by atoms with E-state index in [1.807, 2.05) is 0 Å². The minimum absolute atomic E-state index is 0.0579. The van der Waals surface area contributed by atoms with Crippen molar-refractivity contribution in [1.29, 1.82) is 0 Å². The van der Waals surface area contributed by atoms with Gasteiger partial charge in [0.2, 0.25) is 0 Å². The van der Waals surface area contributed by atoms with Crippen LogP contribution >= 0.6 is 0 Å². The molecule has 0 rings (SSSR count). The second-order valence-corrected chi connectivity index (χ2v) is 8.84. The number of ether oxygens (including phenoxy) is 4. The smallest absolute Gasteiger partial charge is 0.323 e. The van der Waals surface area contributed by atoms with Gasteiger partial charge in [0.15, 0.2) is 0 Å². The number of nitrogens with two attached hydrogens (primary N) is 2. The zero-order valence-corrected chi connectivity index (χ0v) is 18.8. The van der Waals surface area contributed by atoms with E-state index in [1.165, 1.54) is 0 Å². The van der Waals surface area contributed by atoms with Crippen LogP contribution in [0.2, 0.25) is 0 Å². The van der Waals surface area contributed by atoms with E-state index in [-0.39, 0.29) is 26.1 Å². The molecule has 30 heavy (non-hydrogen) atoms. The Balaban J connectivity index is 3.97. The molecule has 0 aliphatic rings. The maximum Gasteiger partial charge on any atom is 0.323 e. The van der Waals surface area contributed by atoms with Crippen molar-refractivity contribution >= 4 is 23.9 Å². The lowest BCUT2D eigenvalue weighted by molar-refractivity contribution is -0.159. The van der Waals surface area contributed by atoms with Crippen molar-refractivity contribution in [2.24, 2.45) is 11.5 Å². The molecule has 0 bridgehead atoms. The average molecular weight is 433 g/mol. The quantitative estimate of drug-likeness (QED) is 0.274. The van der Waals surface area contributed by atoms with Gasteiger partial charge in [-0.2, -0.15) is 0 Å². The highest BCUT2D eigenvalue weighted by molar-refractivity contribution is 5.83. The molecule has 0 aliphatic carbocycles. The normalized spacial score (nSPS) is 13.7. The molecule has 174 valence electrons. The van der Waals surface area contributed by atoms with Crippen molar-refractivity contribution in [1.82, 2.24) is 0 Å². The molecule has 2 atom stereocenters. The van der Waals surface area contributed by atoms with E-state index < -0.39 is 47.2 Å². The van der Waals surface area contributed by atoms with Gasteiger partial charge in [-0.05, 0) is 54.4 Å². The fourth-order valence-electron chi connectivity index (χ4n) is 2.06. The average Bonchev–Trinajstić information content (AvgIpc) is 2.53. The van der Waals surface area contributed by atoms with E-state index in [9.17, 15) is 19.2 Å². The SMILES string of the molecule is CC(C)(C)OC(=O)C[C@H](N)C(=O)OCCCCOC(=O)[C@@H](N)CC(=O)OC(C)(C)C. The highest BCUT2D eigenvalue weighted by Crippen LogP contribution is 2.10. The molecule has 10 nitrogen and oxygen atoms in total. The Hall–Kier alpha value is -2.20. The van der Waals surface area contributed by atoms with Crippen LogP contribution in [0.1, 0.15) is 67.2 Å². The molecule has 0 fully saturated rings. The largest absolute Gasteiger partial charge is 0.465 e. The number of carbonyl (C=O) groups excluding carboxylic acids is 4. The number of esters is 4. The highest BCUT2D eigenvalue weighted by atomic mass is 16.6. The molecule has 0 unspecified atom stereocenters. The van der Waals surface area contributed by atoms with Crippen molar-refractivity contribution in [2.45, 2.75) is 90.5 Å². The van der Waals surface area contributed by atoms with Gasteiger partial charge in [0.25, 0.3) is 0 Å². The fraction of sp³-hybridized carbons (Fsp3) is 0.800. The Morgan fingerprint density at radius 2 is 0.967 bits per heavy atom. The first kappa shape index (κ1) is 27.8. The minimum Gasteiger partial charge on any atom is -0.465 e. The van der Waals surface area contributed by atoms with Crippen LogP contribution in [0.3, 0.4) is 0 Å². The molecular formula is C20H36N2O8. The van der Waals surface area contributed by atoms with Gasteiger partial charge in [-0.3, -0.25) is 19.2 Å². The van der Waals surface area contributed by atoms with Gasteiger partial charge in [-0.1, -0.05) is 0 Å². The molecule has 0 saturated carbocycles. The monoisotopic (exact) mass is 432 g/mol. The van der Waals surface area contributed by atoms with Gasteiger partial charge in [0, 0.05) is 0 Å². The molecule has 0 aromatic rings. The Morgan fingerprint density at radius 1 is 0.667 bits per heavy atom. The first-order valence-corrected chi connectivity index (χ1v) is 9.89. The number of carbonyl (C=O) groups is 4. The van der Waals surface area contributed by atoms with E-state index in [4.69, 9.17) is 30.4 Å². The third kappa shape index (κ3) is 14.7. The molecule has 0 aromatic carbocycles. The summed E-state index contributed by atoms with van der Waals surface area (Å²) in [5, 5.41) is 0. The van der Waals surface area contributed by atoms with Gasteiger partial charge >= 0.3 is 23.9 Å². The van der Waals surface area contributed by atoms with Crippen molar-refractivity contribution in [3.8, 4) is 0 Å². The van der Waals surface area contributed by atoms with Gasteiger partial charge < -0.3 is 30.4 Å². The van der Waals surface area contributed by atoms with Crippen LogP contribution < -0.4 is 11.5 Å². The number of unbranched alkanes of at least 4 members (excludes halogenated alkanes) is 1. The van der Waals surface area contributed by atoms with Crippen LogP contribution in [0.5, 0.6) is 0 Å². The standard InChI is InChI=1S/C20H36N2O8/c1-19(2,3)29-15(23)11-13(21)17(25)27-9-7-8-10-28-18(26)14(22)12-16(24)30-20(4,5)6/h13-14H,7-12,21-22H2,1-6H3/t13-,14-/m0/s1. The van der Waals surface area contributed by atoms with E-state index >= 15 is 0 Å². The van der Waals surface area contributed by atoms with E-state index in [0.717, 1.165) is 0 Å². The summed E-state index contributed by atoms with van der Waals surface area (Å²) >= 11 is 0. The maximum absolute atomic E-state index is 11.8. The van der Waals surface area contributed by atoms with Gasteiger partial charge in [-0.15, -0.1) is 0 Å².